The molecular weight excluding hydrogens is 1130 g/mol. The lowest BCUT2D eigenvalue weighted by Crippen LogP contribution is -1.94. The summed E-state index contributed by atoms with van der Waals surface area (Å²) in [6.07, 6.45) is 0. The summed E-state index contributed by atoms with van der Waals surface area (Å²) in [6, 6.07) is 113. The third kappa shape index (κ3) is 7.29. The highest BCUT2D eigenvalue weighted by atomic mass is 32.1. The predicted molar refractivity (Wildman–Crippen MR) is 386 cm³/mol. The number of fused-ring (bicyclic) bond motifs is 18. The minimum atomic E-state index is 1.14. The van der Waals surface area contributed by atoms with Gasteiger partial charge in [-0.1, -0.05) is 164 Å². The van der Waals surface area contributed by atoms with Crippen molar-refractivity contribution in [3.63, 3.8) is 0 Å². The standard InChI is InChI=1S/C84H50N4S2/c1-2-17-57(18-3-1)85-72-26-9-4-20-60(72)66-45-52(32-38-76(66)85)55-35-41-79-69(48-55)63-23-7-12-29-75(63)88(79)80-30-15-25-65-70-49-56(36-42-83(70)90-84(65)80)51-16-14-19-58(44-51)86-73-27-10-5-21-61(73)67-46-53(33-39-77(67)86)54-34-40-78-68(47-54)62-22-6-11-28-74(62)87(78)59-37-43-82-71(50-59)64-24-8-13-31-81(64)89-82/h1-50H. The van der Waals surface area contributed by atoms with E-state index in [1.807, 2.05) is 22.7 Å². The van der Waals surface area contributed by atoms with Gasteiger partial charge in [0.05, 0.1) is 54.5 Å². The molecule has 0 radical (unpaired) electrons. The molecule has 0 aliphatic rings. The topological polar surface area (TPSA) is 19.7 Å². The van der Waals surface area contributed by atoms with Crippen LogP contribution in [0.4, 0.5) is 0 Å². The van der Waals surface area contributed by atoms with Gasteiger partial charge in [-0.05, 0) is 173 Å². The number of nitrogens with zero attached hydrogens (tertiary/aromatic N) is 4. The van der Waals surface area contributed by atoms with Crippen molar-refractivity contribution in [3.05, 3.63) is 303 Å². The fraction of sp³-hybridized carbons (Fsp3) is 0. The van der Waals surface area contributed by atoms with E-state index >= 15 is 0 Å². The second kappa shape index (κ2) is 19.1. The van der Waals surface area contributed by atoms with Crippen molar-refractivity contribution in [2.45, 2.75) is 0 Å². The minimum absolute atomic E-state index is 1.14. The summed E-state index contributed by atoms with van der Waals surface area (Å²) in [4.78, 5) is 0. The van der Waals surface area contributed by atoms with E-state index in [4.69, 9.17) is 0 Å². The van der Waals surface area contributed by atoms with Gasteiger partial charge in [0.2, 0.25) is 0 Å². The predicted octanol–water partition coefficient (Wildman–Crippen LogP) is 23.8. The molecule has 0 spiro atoms. The first-order chi connectivity index (χ1) is 44.6. The molecule has 0 bridgehead atoms. The number of hydrogen-bond donors (Lipinski definition) is 0. The maximum absolute atomic E-state index is 2.49. The maximum atomic E-state index is 2.49. The smallest absolute Gasteiger partial charge is 0.0640 e. The van der Waals surface area contributed by atoms with Crippen LogP contribution < -0.4 is 0 Å². The highest BCUT2D eigenvalue weighted by Crippen LogP contribution is 2.46. The summed E-state index contributed by atoms with van der Waals surface area (Å²) in [5.74, 6) is 0. The van der Waals surface area contributed by atoms with Crippen LogP contribution in [0.3, 0.4) is 0 Å². The quantitative estimate of drug-likeness (QED) is 0.152. The van der Waals surface area contributed by atoms with Gasteiger partial charge in [-0.2, -0.15) is 0 Å². The highest BCUT2D eigenvalue weighted by molar-refractivity contribution is 7.26. The van der Waals surface area contributed by atoms with Crippen LogP contribution in [0.15, 0.2) is 303 Å². The van der Waals surface area contributed by atoms with Crippen molar-refractivity contribution < 1.29 is 0 Å². The second-order valence-corrected chi connectivity index (χ2v) is 26.1. The summed E-state index contributed by atoms with van der Waals surface area (Å²) >= 11 is 3.75. The van der Waals surface area contributed by atoms with Gasteiger partial charge in [-0.25, -0.2) is 0 Å². The van der Waals surface area contributed by atoms with Crippen LogP contribution in [-0.2, 0) is 0 Å². The minimum Gasteiger partial charge on any atom is -0.309 e. The van der Waals surface area contributed by atoms with Crippen LogP contribution in [0, 0.1) is 0 Å². The molecule has 6 heteroatoms. The van der Waals surface area contributed by atoms with Crippen molar-refractivity contribution in [3.8, 4) is 56.1 Å². The van der Waals surface area contributed by atoms with Crippen LogP contribution in [-0.4, -0.2) is 18.3 Å². The van der Waals surface area contributed by atoms with Crippen molar-refractivity contribution in [1.29, 1.82) is 0 Å². The molecule has 0 saturated carbocycles. The van der Waals surface area contributed by atoms with E-state index in [0.717, 1.165) is 5.69 Å². The Balaban J connectivity index is 0.657. The zero-order valence-corrected chi connectivity index (χ0v) is 50.1. The van der Waals surface area contributed by atoms with E-state index in [1.165, 1.54) is 178 Å². The molecule has 0 N–H and O–H groups in total. The van der Waals surface area contributed by atoms with E-state index in [-0.39, 0.29) is 0 Å². The number of rotatable bonds is 7. The molecule has 0 aliphatic carbocycles. The third-order valence-electron chi connectivity index (χ3n) is 19.1. The number of thiophene rings is 2. The van der Waals surface area contributed by atoms with Gasteiger partial charge in [0.15, 0.2) is 0 Å². The molecule has 90 heavy (non-hydrogen) atoms. The molecule has 20 rings (SSSR count). The lowest BCUT2D eigenvalue weighted by Gasteiger charge is -2.11. The first-order valence-electron chi connectivity index (χ1n) is 30.8. The lowest BCUT2D eigenvalue weighted by atomic mass is 10.0. The largest absolute Gasteiger partial charge is 0.309 e. The fourth-order valence-electron chi connectivity index (χ4n) is 15.1. The molecule has 0 unspecified atom stereocenters. The maximum Gasteiger partial charge on any atom is 0.0640 e. The number of aromatic nitrogens is 4. The Bertz CT molecular complexity index is 6420. The van der Waals surface area contributed by atoms with Crippen molar-refractivity contribution in [2.24, 2.45) is 0 Å². The van der Waals surface area contributed by atoms with Gasteiger partial charge in [0.25, 0.3) is 0 Å². The first-order valence-corrected chi connectivity index (χ1v) is 32.4. The average Bonchev–Trinajstić information content (AvgIpc) is 1.65. The van der Waals surface area contributed by atoms with Crippen LogP contribution >= 0.6 is 22.7 Å². The third-order valence-corrected chi connectivity index (χ3v) is 21.5. The SMILES string of the molecule is c1ccc(-n2c3ccccc3c3cc(-c4ccc5c(c4)c4ccccc4n5-c4cccc5c4sc4ccc(-c6cccc(-n7c8ccccc8c8cc(-c9ccc%10c(c9)c9ccccc9n%10-c9ccc%10sc%11ccccc%11c%10c9)ccc87)c6)cc45)ccc32)cc1. The molecule has 14 aromatic carbocycles. The Kier molecular flexibility index (Phi) is 10.6. The fourth-order valence-corrected chi connectivity index (χ4v) is 17.4. The molecule has 0 amide bonds. The van der Waals surface area contributed by atoms with E-state index in [0.29, 0.717) is 0 Å². The number of hydrogen-bond acceptors (Lipinski definition) is 2. The Morgan fingerprint density at radius 1 is 0.178 bits per heavy atom. The Morgan fingerprint density at radius 2 is 0.533 bits per heavy atom. The Morgan fingerprint density at radius 3 is 1.10 bits per heavy atom. The van der Waals surface area contributed by atoms with Crippen molar-refractivity contribution in [1.82, 2.24) is 18.3 Å². The van der Waals surface area contributed by atoms with Crippen LogP contribution in [0.5, 0.6) is 0 Å². The molecule has 6 aromatic heterocycles. The normalized spacial score (nSPS) is 12.2. The molecule has 20 aromatic rings. The monoisotopic (exact) mass is 1180 g/mol. The summed E-state index contributed by atoms with van der Waals surface area (Å²) in [6.45, 7) is 0. The molecule has 6 heterocycles. The van der Waals surface area contributed by atoms with Gasteiger partial charge < -0.3 is 18.3 Å². The van der Waals surface area contributed by atoms with E-state index in [2.05, 4.69) is 322 Å². The molecule has 0 fully saturated rings. The summed E-state index contributed by atoms with van der Waals surface area (Å²) in [5, 5.41) is 15.1. The summed E-state index contributed by atoms with van der Waals surface area (Å²) in [7, 11) is 0. The van der Waals surface area contributed by atoms with Gasteiger partial charge in [-0.3, -0.25) is 0 Å². The van der Waals surface area contributed by atoms with Crippen LogP contribution in [0.1, 0.15) is 0 Å². The highest BCUT2D eigenvalue weighted by Gasteiger charge is 2.22. The summed E-state index contributed by atoms with van der Waals surface area (Å²) in [5.41, 5.74) is 21.5. The summed E-state index contributed by atoms with van der Waals surface area (Å²) < 4.78 is 15.0. The lowest BCUT2D eigenvalue weighted by molar-refractivity contribution is 1.18. The second-order valence-electron chi connectivity index (χ2n) is 24.0. The van der Waals surface area contributed by atoms with E-state index < -0.39 is 0 Å². The zero-order chi connectivity index (χ0) is 58.7. The van der Waals surface area contributed by atoms with Crippen molar-refractivity contribution in [2.75, 3.05) is 0 Å². The first kappa shape index (κ1) is 49.8. The molecule has 0 aliphatic heterocycles. The van der Waals surface area contributed by atoms with Gasteiger partial charge in [0, 0.05) is 95.8 Å². The molecule has 0 atom stereocenters. The molecule has 4 nitrogen and oxygen atoms in total. The molecule has 418 valence electrons. The van der Waals surface area contributed by atoms with Gasteiger partial charge >= 0.3 is 0 Å². The van der Waals surface area contributed by atoms with Gasteiger partial charge in [-0.15, -0.1) is 22.7 Å². The van der Waals surface area contributed by atoms with Crippen LogP contribution in [0.2, 0.25) is 0 Å². The molecular formula is C84H50N4S2. The zero-order valence-electron chi connectivity index (χ0n) is 48.5. The number of benzene rings is 14. The van der Waals surface area contributed by atoms with E-state index in [9.17, 15) is 0 Å². The van der Waals surface area contributed by atoms with Crippen molar-refractivity contribution >= 4 is 150 Å². The Labute approximate surface area is 524 Å². The van der Waals surface area contributed by atoms with Crippen LogP contribution in [0.25, 0.3) is 184 Å². The van der Waals surface area contributed by atoms with Gasteiger partial charge in [0.1, 0.15) is 0 Å². The Hall–Kier alpha value is -11.3. The number of para-hydroxylation sites is 5. The molecule has 0 saturated heterocycles. The van der Waals surface area contributed by atoms with E-state index in [1.54, 1.807) is 0 Å². The average molecular weight is 1180 g/mol.